The molecule has 0 atom stereocenters. The van der Waals surface area contributed by atoms with E-state index in [0.29, 0.717) is 0 Å². The molecule has 12 rings (SSSR count). The highest BCUT2D eigenvalue weighted by atomic mass is 16.3. The summed E-state index contributed by atoms with van der Waals surface area (Å²) in [6, 6.07) is 85.6. The molecule has 12 aromatic rings. The summed E-state index contributed by atoms with van der Waals surface area (Å²) >= 11 is 0. The van der Waals surface area contributed by atoms with E-state index >= 15 is 0 Å². The summed E-state index contributed by atoms with van der Waals surface area (Å²) in [6.07, 6.45) is 0. The third-order valence-corrected chi connectivity index (χ3v) is 12.5. The van der Waals surface area contributed by atoms with Crippen molar-refractivity contribution in [3.8, 4) is 44.5 Å². The van der Waals surface area contributed by atoms with Crippen LogP contribution in [0.25, 0.3) is 98.8 Å². The second-order valence-electron chi connectivity index (χ2n) is 16.1. The molecule has 2 heteroatoms. The zero-order valence-corrected chi connectivity index (χ0v) is 33.9. The van der Waals surface area contributed by atoms with Crippen LogP contribution >= 0.6 is 0 Å². The largest absolute Gasteiger partial charge is 0.456 e. The number of para-hydroxylation sites is 1. The second kappa shape index (κ2) is 14.8. The van der Waals surface area contributed by atoms with Gasteiger partial charge in [-0.2, -0.15) is 0 Å². The van der Waals surface area contributed by atoms with Crippen molar-refractivity contribution in [2.75, 3.05) is 4.90 Å². The van der Waals surface area contributed by atoms with E-state index in [9.17, 15) is 0 Å². The molecule has 11 aromatic carbocycles. The van der Waals surface area contributed by atoms with Crippen LogP contribution in [0.5, 0.6) is 0 Å². The fourth-order valence-corrected chi connectivity index (χ4v) is 9.43. The van der Waals surface area contributed by atoms with Crippen molar-refractivity contribution in [3.63, 3.8) is 0 Å². The van der Waals surface area contributed by atoms with Gasteiger partial charge in [0.25, 0.3) is 0 Å². The molecule has 0 N–H and O–H groups in total. The molecular weight excluding hydrogens is 751 g/mol. The predicted molar refractivity (Wildman–Crippen MR) is 263 cm³/mol. The summed E-state index contributed by atoms with van der Waals surface area (Å²) in [6.45, 7) is 0. The van der Waals surface area contributed by atoms with E-state index in [1.807, 2.05) is 12.1 Å². The first kappa shape index (κ1) is 35.7. The van der Waals surface area contributed by atoms with Crippen molar-refractivity contribution in [1.29, 1.82) is 0 Å². The second-order valence-corrected chi connectivity index (χ2v) is 16.1. The molecule has 62 heavy (non-hydrogen) atoms. The van der Waals surface area contributed by atoms with Crippen molar-refractivity contribution in [1.82, 2.24) is 0 Å². The SMILES string of the molecule is c1ccc(-c2ccc3ccccc3c2-c2ccc(N(c3ccc(-c4ccc(-c5ccc6c(c5)oc5ccccc56)cc4)cc3)c3cc4ccccc4c4ccccc34)cc2)cc1. The monoisotopic (exact) mass is 789 g/mol. The van der Waals surface area contributed by atoms with Gasteiger partial charge in [-0.1, -0.05) is 188 Å². The summed E-state index contributed by atoms with van der Waals surface area (Å²) in [5, 5.41) is 9.67. The molecule has 0 fully saturated rings. The molecule has 0 bridgehead atoms. The minimum absolute atomic E-state index is 0.909. The van der Waals surface area contributed by atoms with Gasteiger partial charge in [0.2, 0.25) is 0 Å². The summed E-state index contributed by atoms with van der Waals surface area (Å²) in [5.74, 6) is 0. The molecule has 0 aliphatic heterocycles. The molecule has 0 radical (unpaired) electrons. The lowest BCUT2D eigenvalue weighted by Crippen LogP contribution is -2.10. The van der Waals surface area contributed by atoms with Crippen LogP contribution in [0.1, 0.15) is 0 Å². The highest BCUT2D eigenvalue weighted by Gasteiger charge is 2.19. The Kier molecular flexibility index (Phi) is 8.53. The molecule has 0 spiro atoms. The van der Waals surface area contributed by atoms with E-state index in [1.165, 1.54) is 60.1 Å². The van der Waals surface area contributed by atoms with E-state index in [-0.39, 0.29) is 0 Å². The number of nitrogens with zero attached hydrogens (tertiary/aromatic N) is 1. The van der Waals surface area contributed by atoms with Crippen molar-refractivity contribution in [2.24, 2.45) is 0 Å². The van der Waals surface area contributed by atoms with Gasteiger partial charge in [-0.3, -0.25) is 0 Å². The minimum atomic E-state index is 0.909. The predicted octanol–water partition coefficient (Wildman–Crippen LogP) is 17.2. The lowest BCUT2D eigenvalue weighted by atomic mass is 9.89. The molecule has 0 unspecified atom stereocenters. The number of anilines is 3. The summed E-state index contributed by atoms with van der Waals surface area (Å²) < 4.78 is 6.21. The van der Waals surface area contributed by atoms with E-state index in [2.05, 4.69) is 229 Å². The van der Waals surface area contributed by atoms with Gasteiger partial charge in [0.1, 0.15) is 11.2 Å². The van der Waals surface area contributed by atoms with Crippen molar-refractivity contribution in [2.45, 2.75) is 0 Å². The average Bonchev–Trinajstić information content (AvgIpc) is 3.73. The van der Waals surface area contributed by atoms with Crippen LogP contribution in [0.2, 0.25) is 0 Å². The van der Waals surface area contributed by atoms with Crippen molar-refractivity contribution < 1.29 is 4.42 Å². The van der Waals surface area contributed by atoms with Gasteiger partial charge in [-0.05, 0) is 120 Å². The van der Waals surface area contributed by atoms with Gasteiger partial charge in [0, 0.05) is 27.5 Å². The maximum Gasteiger partial charge on any atom is 0.136 e. The van der Waals surface area contributed by atoms with Crippen LogP contribution in [0.15, 0.2) is 241 Å². The highest BCUT2D eigenvalue weighted by Crippen LogP contribution is 2.44. The summed E-state index contributed by atoms with van der Waals surface area (Å²) in [4.78, 5) is 2.42. The van der Waals surface area contributed by atoms with Gasteiger partial charge in [0.05, 0.1) is 5.69 Å². The molecule has 1 heterocycles. The zero-order chi connectivity index (χ0) is 41.0. The van der Waals surface area contributed by atoms with E-state index in [4.69, 9.17) is 4.42 Å². The van der Waals surface area contributed by atoms with Crippen molar-refractivity contribution >= 4 is 71.3 Å². The Balaban J connectivity index is 0.947. The lowest BCUT2D eigenvalue weighted by Gasteiger charge is -2.28. The molecule has 0 amide bonds. The van der Waals surface area contributed by atoms with Gasteiger partial charge < -0.3 is 9.32 Å². The summed E-state index contributed by atoms with van der Waals surface area (Å²) in [5.41, 5.74) is 14.6. The molecular formula is C60H39NO. The van der Waals surface area contributed by atoms with E-state index in [0.717, 1.165) is 55.7 Å². The number of benzene rings is 11. The van der Waals surface area contributed by atoms with Crippen LogP contribution < -0.4 is 4.90 Å². The molecule has 0 aliphatic rings. The quantitative estimate of drug-likeness (QED) is 0.150. The Morgan fingerprint density at radius 2 is 0.790 bits per heavy atom. The first-order chi connectivity index (χ1) is 30.7. The topological polar surface area (TPSA) is 16.4 Å². The fourth-order valence-electron chi connectivity index (χ4n) is 9.43. The molecule has 1 aromatic heterocycles. The number of hydrogen-bond acceptors (Lipinski definition) is 2. The van der Waals surface area contributed by atoms with Gasteiger partial charge >= 0.3 is 0 Å². The van der Waals surface area contributed by atoms with E-state index < -0.39 is 0 Å². The number of fused-ring (bicyclic) bond motifs is 7. The van der Waals surface area contributed by atoms with Crippen LogP contribution in [-0.4, -0.2) is 0 Å². The van der Waals surface area contributed by atoms with Gasteiger partial charge in [-0.25, -0.2) is 0 Å². The Bertz CT molecular complexity index is 3600. The molecule has 0 saturated heterocycles. The summed E-state index contributed by atoms with van der Waals surface area (Å²) in [7, 11) is 0. The van der Waals surface area contributed by atoms with Crippen molar-refractivity contribution in [3.05, 3.63) is 237 Å². The Morgan fingerprint density at radius 1 is 0.274 bits per heavy atom. The van der Waals surface area contributed by atoms with Crippen LogP contribution in [0, 0.1) is 0 Å². The Labute approximate surface area is 360 Å². The maximum atomic E-state index is 6.21. The number of rotatable bonds is 7. The smallest absolute Gasteiger partial charge is 0.136 e. The number of hydrogen-bond donors (Lipinski definition) is 0. The first-order valence-corrected chi connectivity index (χ1v) is 21.2. The fraction of sp³-hybridized carbons (Fsp3) is 0. The highest BCUT2D eigenvalue weighted by molar-refractivity contribution is 6.15. The van der Waals surface area contributed by atoms with Crippen LogP contribution in [-0.2, 0) is 0 Å². The minimum Gasteiger partial charge on any atom is -0.456 e. The molecule has 0 saturated carbocycles. The standard InChI is InChI=1S/C60H39NO/c1-2-12-43(13-3-1)52-36-30-44-14-4-7-17-51(44)60(52)45-28-34-49(35-29-45)61(57-38-47-15-5-6-16-50(47)53-18-8-9-19-54(53)57)48-32-26-41(27-33-48)40-22-24-42(25-23-40)46-31-37-56-55-20-10-11-21-58(55)62-59(56)39-46/h1-39H. The Hall–Kier alpha value is -8.20. The lowest BCUT2D eigenvalue weighted by molar-refractivity contribution is 0.669. The van der Waals surface area contributed by atoms with Gasteiger partial charge in [-0.15, -0.1) is 0 Å². The number of furan rings is 1. The Morgan fingerprint density at radius 3 is 1.52 bits per heavy atom. The van der Waals surface area contributed by atoms with Crippen LogP contribution in [0.4, 0.5) is 17.1 Å². The van der Waals surface area contributed by atoms with Crippen LogP contribution in [0.3, 0.4) is 0 Å². The first-order valence-electron chi connectivity index (χ1n) is 21.2. The zero-order valence-electron chi connectivity index (χ0n) is 33.9. The molecule has 2 nitrogen and oxygen atoms in total. The normalized spacial score (nSPS) is 11.5. The molecule has 0 aliphatic carbocycles. The third kappa shape index (κ3) is 6.12. The average molecular weight is 790 g/mol. The van der Waals surface area contributed by atoms with Gasteiger partial charge in [0.15, 0.2) is 0 Å². The van der Waals surface area contributed by atoms with E-state index in [1.54, 1.807) is 0 Å². The third-order valence-electron chi connectivity index (χ3n) is 12.5. The maximum absolute atomic E-state index is 6.21. The molecule has 290 valence electrons.